The van der Waals surface area contributed by atoms with Crippen molar-refractivity contribution in [2.24, 2.45) is 0 Å². The van der Waals surface area contributed by atoms with Crippen LogP contribution in [0.25, 0.3) is 0 Å². The molecule has 1 aromatic heterocycles. The average Bonchev–Trinajstić information content (AvgIpc) is 2.56. The Morgan fingerprint density at radius 1 is 1.33 bits per heavy atom. The zero-order valence-electron chi connectivity index (χ0n) is 14.4. The first kappa shape index (κ1) is 16.7. The van der Waals surface area contributed by atoms with Crippen molar-refractivity contribution in [3.05, 3.63) is 17.5 Å². The molecule has 1 aromatic rings. The minimum Gasteiger partial charge on any atom is -0.348 e. The fraction of sp³-hybridized carbons (Fsp3) is 0.647. The maximum absolute atomic E-state index is 12.4. The van der Waals surface area contributed by atoms with Gasteiger partial charge in [0.05, 0.1) is 18.3 Å². The molecule has 24 heavy (non-hydrogen) atoms. The molecule has 7 nitrogen and oxygen atoms in total. The fourth-order valence-corrected chi connectivity index (χ4v) is 3.34. The lowest BCUT2D eigenvalue weighted by atomic mass is 9.92. The summed E-state index contributed by atoms with van der Waals surface area (Å²) >= 11 is 0. The molecule has 2 amide bonds. The van der Waals surface area contributed by atoms with Gasteiger partial charge in [-0.25, -0.2) is 9.97 Å². The van der Waals surface area contributed by atoms with Crippen LogP contribution in [0.2, 0.25) is 0 Å². The zero-order chi connectivity index (χ0) is 17.1. The molecule has 2 heterocycles. The zero-order valence-corrected chi connectivity index (χ0v) is 14.4. The highest BCUT2D eigenvalue weighted by Crippen LogP contribution is 2.29. The summed E-state index contributed by atoms with van der Waals surface area (Å²) in [5.41, 5.74) is 2.02. The number of nitrogens with zero attached hydrogens (tertiary/aromatic N) is 4. The molecule has 130 valence electrons. The smallest absolute Gasteiger partial charge is 0.240 e. The van der Waals surface area contributed by atoms with E-state index in [-0.39, 0.29) is 24.4 Å². The number of likely N-dealkylation sites (tertiary alicyclic amines) is 1. The quantitative estimate of drug-likeness (QED) is 0.892. The second kappa shape index (κ2) is 7.15. The van der Waals surface area contributed by atoms with E-state index in [1.165, 1.54) is 0 Å². The normalized spacial score (nSPS) is 20.5. The monoisotopic (exact) mass is 331 g/mol. The van der Waals surface area contributed by atoms with Gasteiger partial charge >= 0.3 is 0 Å². The van der Waals surface area contributed by atoms with Crippen LogP contribution in [-0.4, -0.2) is 53.9 Å². The van der Waals surface area contributed by atoms with Crippen molar-refractivity contribution in [2.45, 2.75) is 44.6 Å². The van der Waals surface area contributed by atoms with E-state index in [1.54, 1.807) is 4.90 Å². The second-order valence-corrected chi connectivity index (χ2v) is 6.75. The van der Waals surface area contributed by atoms with Crippen LogP contribution in [0.4, 0.5) is 5.95 Å². The van der Waals surface area contributed by atoms with Crippen molar-refractivity contribution >= 4 is 17.8 Å². The molecular formula is C17H25N5O2. The van der Waals surface area contributed by atoms with Crippen LogP contribution in [0.15, 0.2) is 6.20 Å². The number of hydrogen-bond donors (Lipinski definition) is 1. The molecule has 1 saturated heterocycles. The molecule has 1 atom stereocenters. The molecular weight excluding hydrogens is 306 g/mol. The standard InChI is InChI=1S/C17H25N5O2/c1-21(2)17-18-10-12-13(6-5-7-14(12)20-17)19-15(23)11-22-9-4-3-8-16(22)24/h10,13H,3-9,11H2,1-2H3,(H,19,23)/t13-/m0/s1. The number of piperidine rings is 1. The minimum atomic E-state index is -0.0974. The number of hydrogen-bond acceptors (Lipinski definition) is 5. The Morgan fingerprint density at radius 3 is 2.92 bits per heavy atom. The molecule has 3 rings (SSSR count). The summed E-state index contributed by atoms with van der Waals surface area (Å²) < 4.78 is 0. The van der Waals surface area contributed by atoms with Crippen LogP contribution in [0, 0.1) is 0 Å². The van der Waals surface area contributed by atoms with Gasteiger partial charge < -0.3 is 15.1 Å². The Balaban J connectivity index is 1.66. The molecule has 0 bridgehead atoms. The van der Waals surface area contributed by atoms with Crippen molar-refractivity contribution in [3.63, 3.8) is 0 Å². The molecule has 0 saturated carbocycles. The molecule has 0 spiro atoms. The predicted octanol–water partition coefficient (Wildman–Crippen LogP) is 1.05. The predicted molar refractivity (Wildman–Crippen MR) is 90.6 cm³/mol. The average molecular weight is 331 g/mol. The summed E-state index contributed by atoms with van der Waals surface area (Å²) in [6.07, 6.45) is 7.08. The van der Waals surface area contributed by atoms with Crippen molar-refractivity contribution in [1.29, 1.82) is 0 Å². The highest BCUT2D eigenvalue weighted by Gasteiger charge is 2.26. The number of aryl methyl sites for hydroxylation is 1. The summed E-state index contributed by atoms with van der Waals surface area (Å²) in [6.45, 7) is 0.837. The third kappa shape index (κ3) is 3.66. The van der Waals surface area contributed by atoms with E-state index in [0.29, 0.717) is 18.9 Å². The first-order valence-corrected chi connectivity index (χ1v) is 8.65. The largest absolute Gasteiger partial charge is 0.348 e. The van der Waals surface area contributed by atoms with Crippen LogP contribution in [0.3, 0.4) is 0 Å². The van der Waals surface area contributed by atoms with Gasteiger partial charge in [-0.2, -0.15) is 0 Å². The Bertz CT molecular complexity index is 631. The van der Waals surface area contributed by atoms with Gasteiger partial charge in [0.1, 0.15) is 0 Å². The van der Waals surface area contributed by atoms with Crippen molar-refractivity contribution in [3.8, 4) is 0 Å². The molecule has 0 radical (unpaired) electrons. The van der Waals surface area contributed by atoms with E-state index >= 15 is 0 Å². The van der Waals surface area contributed by atoms with Gasteiger partial charge in [-0.15, -0.1) is 0 Å². The maximum atomic E-state index is 12.4. The van der Waals surface area contributed by atoms with Gasteiger partial charge in [-0.05, 0) is 32.1 Å². The Morgan fingerprint density at radius 2 is 2.17 bits per heavy atom. The topological polar surface area (TPSA) is 78.4 Å². The summed E-state index contributed by atoms with van der Waals surface area (Å²) in [6, 6.07) is -0.0580. The Labute approximate surface area is 142 Å². The van der Waals surface area contributed by atoms with Crippen LogP contribution in [0.1, 0.15) is 49.4 Å². The van der Waals surface area contributed by atoms with E-state index in [1.807, 2.05) is 25.2 Å². The van der Waals surface area contributed by atoms with Crippen LogP contribution < -0.4 is 10.2 Å². The summed E-state index contributed by atoms with van der Waals surface area (Å²) in [7, 11) is 3.83. The number of anilines is 1. The molecule has 1 aliphatic carbocycles. The van der Waals surface area contributed by atoms with E-state index < -0.39 is 0 Å². The van der Waals surface area contributed by atoms with Crippen LogP contribution in [0.5, 0.6) is 0 Å². The maximum Gasteiger partial charge on any atom is 0.240 e. The van der Waals surface area contributed by atoms with Crippen molar-refractivity contribution in [1.82, 2.24) is 20.2 Å². The van der Waals surface area contributed by atoms with E-state index in [2.05, 4.69) is 15.3 Å². The van der Waals surface area contributed by atoms with E-state index in [0.717, 1.165) is 43.4 Å². The molecule has 7 heteroatoms. The van der Waals surface area contributed by atoms with Gasteiger partial charge in [0.15, 0.2) is 0 Å². The number of nitrogens with one attached hydrogen (secondary N) is 1. The van der Waals surface area contributed by atoms with Crippen LogP contribution >= 0.6 is 0 Å². The summed E-state index contributed by atoms with van der Waals surface area (Å²) in [5.74, 6) is 0.679. The van der Waals surface area contributed by atoms with Gasteiger partial charge in [-0.3, -0.25) is 9.59 Å². The minimum absolute atomic E-state index is 0.0580. The van der Waals surface area contributed by atoms with Gasteiger partial charge in [-0.1, -0.05) is 0 Å². The number of rotatable bonds is 4. The second-order valence-electron chi connectivity index (χ2n) is 6.75. The lowest BCUT2D eigenvalue weighted by molar-refractivity contribution is -0.138. The van der Waals surface area contributed by atoms with Crippen LogP contribution in [-0.2, 0) is 16.0 Å². The molecule has 1 N–H and O–H groups in total. The van der Waals surface area contributed by atoms with E-state index in [4.69, 9.17) is 0 Å². The molecule has 1 aliphatic heterocycles. The molecule has 0 unspecified atom stereocenters. The first-order chi connectivity index (χ1) is 11.5. The lowest BCUT2D eigenvalue weighted by Crippen LogP contribution is -2.44. The van der Waals surface area contributed by atoms with Crippen molar-refractivity contribution < 1.29 is 9.59 Å². The Hall–Kier alpha value is -2.18. The fourth-order valence-electron chi connectivity index (χ4n) is 3.34. The number of carbonyl (C=O) groups excluding carboxylic acids is 2. The molecule has 0 aromatic carbocycles. The SMILES string of the molecule is CN(C)c1ncc2c(n1)CCC[C@@H]2NC(=O)CN1CCCCC1=O. The number of fused-ring (bicyclic) bond motifs is 1. The lowest BCUT2D eigenvalue weighted by Gasteiger charge is -2.29. The summed E-state index contributed by atoms with van der Waals surface area (Å²) in [4.78, 5) is 36.7. The molecule has 1 fully saturated rings. The number of amides is 2. The van der Waals surface area contributed by atoms with Gasteiger partial charge in [0, 0.05) is 38.8 Å². The molecule has 2 aliphatic rings. The van der Waals surface area contributed by atoms with E-state index in [9.17, 15) is 9.59 Å². The first-order valence-electron chi connectivity index (χ1n) is 8.65. The van der Waals surface area contributed by atoms with Gasteiger partial charge in [0.2, 0.25) is 17.8 Å². The number of carbonyl (C=O) groups is 2. The summed E-state index contributed by atoms with van der Waals surface area (Å²) in [5, 5.41) is 3.07. The Kier molecular flexibility index (Phi) is 4.97. The van der Waals surface area contributed by atoms with Crippen molar-refractivity contribution in [2.75, 3.05) is 32.1 Å². The highest BCUT2D eigenvalue weighted by molar-refractivity contribution is 5.85. The highest BCUT2D eigenvalue weighted by atomic mass is 16.2. The third-order valence-corrected chi connectivity index (χ3v) is 4.66. The number of aromatic nitrogens is 2. The third-order valence-electron chi connectivity index (χ3n) is 4.66. The van der Waals surface area contributed by atoms with Gasteiger partial charge in [0.25, 0.3) is 0 Å².